The summed E-state index contributed by atoms with van der Waals surface area (Å²) in [5, 5.41) is 0. The summed E-state index contributed by atoms with van der Waals surface area (Å²) >= 11 is 2.32. The van der Waals surface area contributed by atoms with E-state index in [-0.39, 0.29) is 0 Å². The summed E-state index contributed by atoms with van der Waals surface area (Å²) in [6.45, 7) is 4.15. The number of rotatable bonds is 2. The van der Waals surface area contributed by atoms with E-state index < -0.39 is 0 Å². The molecule has 0 aliphatic carbocycles. The molecule has 0 aromatic heterocycles. The van der Waals surface area contributed by atoms with E-state index in [1.54, 1.807) is 0 Å². The summed E-state index contributed by atoms with van der Waals surface area (Å²) in [5.74, 6) is 0. The average Bonchev–Trinajstić information content (AvgIpc) is 1.83. The lowest BCUT2D eigenvalue weighted by Crippen LogP contribution is -1.64. The molecule has 0 atom stereocenters. The molecule has 0 bridgehead atoms. The molecule has 0 aromatic rings. The normalized spacial score (nSPS) is 13.1. The smallest absolute Gasteiger partial charge is 0.0179 e. The topological polar surface area (TPSA) is 0 Å². The lowest BCUT2D eigenvalue weighted by atomic mass is 10.3. The average molecular weight is 222 g/mol. The fourth-order valence-corrected chi connectivity index (χ4v) is 0.581. The molecule has 0 rings (SSSR count). The van der Waals surface area contributed by atoms with Gasteiger partial charge in [-0.05, 0) is 13.8 Å². The molecule has 0 amide bonds. The van der Waals surface area contributed by atoms with Crippen molar-refractivity contribution < 1.29 is 0 Å². The Hall–Kier alpha value is 0.210. The third-order valence-electron chi connectivity index (χ3n) is 0.925. The molecule has 8 heavy (non-hydrogen) atoms. The maximum atomic E-state index is 2.32. The van der Waals surface area contributed by atoms with Gasteiger partial charge in [0.25, 0.3) is 0 Å². The maximum Gasteiger partial charge on any atom is 0.0179 e. The van der Waals surface area contributed by atoms with Crippen LogP contribution in [0.5, 0.6) is 0 Å². The lowest BCUT2D eigenvalue weighted by Gasteiger charge is -1.83. The minimum absolute atomic E-state index is 1.10. The van der Waals surface area contributed by atoms with Crippen LogP contribution in [0, 0.1) is 0 Å². The van der Waals surface area contributed by atoms with Gasteiger partial charge in [0.15, 0.2) is 0 Å². The second-order valence-electron chi connectivity index (χ2n) is 1.59. The zero-order valence-electron chi connectivity index (χ0n) is 5.32. The molecule has 1 heteroatoms. The molecule has 0 fully saturated rings. The van der Waals surface area contributed by atoms with Crippen molar-refractivity contribution in [1.29, 1.82) is 0 Å². The minimum Gasteiger partial charge on any atom is -0.0847 e. The SMILES string of the molecule is C/C=C(C)\C=C/CI. The summed E-state index contributed by atoms with van der Waals surface area (Å²) in [5.41, 5.74) is 1.33. The first kappa shape index (κ1) is 8.21. The highest BCUT2D eigenvalue weighted by Gasteiger charge is 1.72. The van der Waals surface area contributed by atoms with Crippen molar-refractivity contribution in [3.8, 4) is 0 Å². The highest BCUT2D eigenvalue weighted by Crippen LogP contribution is 1.94. The van der Waals surface area contributed by atoms with Crippen molar-refractivity contribution in [3.05, 3.63) is 23.8 Å². The summed E-state index contributed by atoms with van der Waals surface area (Å²) < 4.78 is 1.10. The number of alkyl halides is 1. The second kappa shape index (κ2) is 5.35. The molecule has 0 unspecified atom stereocenters. The number of allylic oxidation sites excluding steroid dienone is 4. The highest BCUT2D eigenvalue weighted by molar-refractivity contribution is 14.1. The van der Waals surface area contributed by atoms with Gasteiger partial charge in [0, 0.05) is 4.43 Å². The van der Waals surface area contributed by atoms with E-state index in [9.17, 15) is 0 Å². The molecular weight excluding hydrogens is 211 g/mol. The molecule has 46 valence electrons. The van der Waals surface area contributed by atoms with Crippen LogP contribution < -0.4 is 0 Å². The van der Waals surface area contributed by atoms with Crippen molar-refractivity contribution in [2.24, 2.45) is 0 Å². The van der Waals surface area contributed by atoms with Crippen LogP contribution in [0.3, 0.4) is 0 Å². The molecule has 0 spiro atoms. The molecule has 0 aromatic carbocycles. The number of hydrogen-bond donors (Lipinski definition) is 0. The summed E-state index contributed by atoms with van der Waals surface area (Å²) in [4.78, 5) is 0. The third-order valence-corrected chi connectivity index (χ3v) is 1.43. The predicted octanol–water partition coefficient (Wildman–Crippen LogP) is 2.94. The zero-order chi connectivity index (χ0) is 6.41. The quantitative estimate of drug-likeness (QED) is 0.382. The van der Waals surface area contributed by atoms with Crippen LogP contribution in [0.2, 0.25) is 0 Å². The van der Waals surface area contributed by atoms with Crippen molar-refractivity contribution in [2.75, 3.05) is 4.43 Å². The Morgan fingerprint density at radius 3 is 2.62 bits per heavy atom. The van der Waals surface area contributed by atoms with Gasteiger partial charge in [-0.25, -0.2) is 0 Å². The van der Waals surface area contributed by atoms with Crippen molar-refractivity contribution in [2.45, 2.75) is 13.8 Å². The first-order valence-corrected chi connectivity index (χ1v) is 4.19. The van der Waals surface area contributed by atoms with Gasteiger partial charge in [-0.3, -0.25) is 0 Å². The van der Waals surface area contributed by atoms with E-state index in [4.69, 9.17) is 0 Å². The van der Waals surface area contributed by atoms with Crippen molar-refractivity contribution in [3.63, 3.8) is 0 Å². The molecule has 0 heterocycles. The predicted molar refractivity (Wildman–Crippen MR) is 47.5 cm³/mol. The van der Waals surface area contributed by atoms with Gasteiger partial charge >= 0.3 is 0 Å². The standard InChI is InChI=1S/C7H11I/c1-3-7(2)5-4-6-8/h3-5H,6H2,1-2H3/b5-4-,7-3-. The zero-order valence-corrected chi connectivity index (χ0v) is 7.47. The van der Waals surface area contributed by atoms with E-state index in [2.05, 4.69) is 47.7 Å². The van der Waals surface area contributed by atoms with Gasteiger partial charge in [0.05, 0.1) is 0 Å². The van der Waals surface area contributed by atoms with Gasteiger partial charge in [-0.2, -0.15) is 0 Å². The Kier molecular flexibility index (Phi) is 5.49. The molecule has 0 saturated heterocycles. The largest absolute Gasteiger partial charge is 0.0847 e. The third kappa shape index (κ3) is 4.37. The minimum atomic E-state index is 1.10. The van der Waals surface area contributed by atoms with Crippen LogP contribution in [0.15, 0.2) is 23.8 Å². The fraction of sp³-hybridized carbons (Fsp3) is 0.429. The van der Waals surface area contributed by atoms with Crippen molar-refractivity contribution >= 4 is 22.6 Å². The Bertz CT molecular complexity index is 101. The molecule has 0 aliphatic rings. The van der Waals surface area contributed by atoms with Gasteiger partial charge in [0.1, 0.15) is 0 Å². The second-order valence-corrected chi connectivity index (χ2v) is 2.47. The van der Waals surface area contributed by atoms with E-state index in [0.717, 1.165) is 4.43 Å². The van der Waals surface area contributed by atoms with Gasteiger partial charge in [0.2, 0.25) is 0 Å². The first-order valence-electron chi connectivity index (χ1n) is 2.66. The van der Waals surface area contributed by atoms with Gasteiger partial charge in [-0.1, -0.05) is 46.4 Å². The van der Waals surface area contributed by atoms with Crippen LogP contribution in [0.25, 0.3) is 0 Å². The molecule has 0 aliphatic heterocycles. The Balaban J connectivity index is 3.53. The van der Waals surface area contributed by atoms with Gasteiger partial charge < -0.3 is 0 Å². The van der Waals surface area contributed by atoms with Crippen molar-refractivity contribution in [1.82, 2.24) is 0 Å². The summed E-state index contributed by atoms with van der Waals surface area (Å²) in [6, 6.07) is 0. The molecule has 0 nitrogen and oxygen atoms in total. The summed E-state index contributed by atoms with van der Waals surface area (Å²) in [6.07, 6.45) is 6.38. The lowest BCUT2D eigenvalue weighted by molar-refractivity contribution is 1.47. The monoisotopic (exact) mass is 222 g/mol. The fourth-order valence-electron chi connectivity index (χ4n) is 0.327. The highest BCUT2D eigenvalue weighted by atomic mass is 127. The summed E-state index contributed by atoms with van der Waals surface area (Å²) in [7, 11) is 0. The maximum absolute atomic E-state index is 2.32. The van der Waals surface area contributed by atoms with E-state index in [1.165, 1.54) is 5.57 Å². The Labute approximate surface area is 64.8 Å². The van der Waals surface area contributed by atoms with E-state index in [0.29, 0.717) is 0 Å². The first-order chi connectivity index (χ1) is 3.81. The Morgan fingerprint density at radius 2 is 2.25 bits per heavy atom. The molecular formula is C7H11I. The van der Waals surface area contributed by atoms with Gasteiger partial charge in [-0.15, -0.1) is 0 Å². The molecule has 0 radical (unpaired) electrons. The molecule has 0 N–H and O–H groups in total. The van der Waals surface area contributed by atoms with E-state index in [1.807, 2.05) is 6.92 Å². The number of halogens is 1. The van der Waals surface area contributed by atoms with Crippen LogP contribution >= 0.6 is 22.6 Å². The van der Waals surface area contributed by atoms with E-state index >= 15 is 0 Å². The van der Waals surface area contributed by atoms with Crippen LogP contribution in [0.4, 0.5) is 0 Å². The number of hydrogen-bond acceptors (Lipinski definition) is 0. The van der Waals surface area contributed by atoms with Crippen LogP contribution in [-0.2, 0) is 0 Å². The van der Waals surface area contributed by atoms with Crippen LogP contribution in [0.1, 0.15) is 13.8 Å². The molecule has 0 saturated carbocycles. The van der Waals surface area contributed by atoms with Crippen LogP contribution in [-0.4, -0.2) is 4.43 Å². The Morgan fingerprint density at radius 1 is 1.62 bits per heavy atom.